The molecule has 2 atom stereocenters. The molecular weight excluding hydrogens is 242 g/mol. The summed E-state index contributed by atoms with van der Waals surface area (Å²) in [6.45, 7) is 9.62. The van der Waals surface area contributed by atoms with Gasteiger partial charge in [-0.05, 0) is 38.8 Å². The Morgan fingerprint density at radius 1 is 1.47 bits per heavy atom. The van der Waals surface area contributed by atoms with Crippen molar-refractivity contribution in [2.75, 3.05) is 39.3 Å². The van der Waals surface area contributed by atoms with Crippen molar-refractivity contribution in [2.45, 2.75) is 38.8 Å². The molecule has 19 heavy (non-hydrogen) atoms. The molecule has 110 valence electrons. The molecule has 1 amide bonds. The Balaban J connectivity index is 1.67. The largest absolute Gasteiger partial charge is 0.366 e. The predicted molar refractivity (Wildman–Crippen MR) is 75.1 cm³/mol. The highest BCUT2D eigenvalue weighted by molar-refractivity contribution is 5.81. The van der Waals surface area contributed by atoms with Gasteiger partial charge in [-0.15, -0.1) is 0 Å². The lowest BCUT2D eigenvalue weighted by atomic mass is 9.98. The molecule has 2 saturated heterocycles. The van der Waals surface area contributed by atoms with Crippen LogP contribution in [-0.4, -0.2) is 62.3 Å². The van der Waals surface area contributed by atoms with Crippen molar-refractivity contribution >= 4 is 5.91 Å². The first-order valence-corrected chi connectivity index (χ1v) is 7.51. The highest BCUT2D eigenvalue weighted by Gasteiger charge is 2.24. The number of piperidine rings is 1. The summed E-state index contributed by atoms with van der Waals surface area (Å²) < 4.78 is 5.44. The lowest BCUT2D eigenvalue weighted by molar-refractivity contribution is -0.134. The number of hydrogen-bond acceptors (Lipinski definition) is 4. The molecule has 5 heteroatoms. The molecule has 2 heterocycles. The molecular formula is C14H27N3O2. The fourth-order valence-corrected chi connectivity index (χ4v) is 2.69. The highest BCUT2D eigenvalue weighted by atomic mass is 16.5. The summed E-state index contributed by atoms with van der Waals surface area (Å²) in [4.78, 5) is 14.4. The molecule has 0 aromatic heterocycles. The maximum atomic E-state index is 11.9. The Labute approximate surface area is 116 Å². The first-order valence-electron chi connectivity index (χ1n) is 7.51. The van der Waals surface area contributed by atoms with Crippen molar-refractivity contribution < 1.29 is 9.53 Å². The maximum absolute atomic E-state index is 11.9. The van der Waals surface area contributed by atoms with E-state index in [2.05, 4.69) is 29.4 Å². The van der Waals surface area contributed by atoms with Crippen LogP contribution in [0, 0.1) is 5.92 Å². The summed E-state index contributed by atoms with van der Waals surface area (Å²) in [5.41, 5.74) is 0. The third kappa shape index (κ3) is 4.44. The van der Waals surface area contributed by atoms with Gasteiger partial charge in [0.15, 0.2) is 0 Å². The molecule has 0 radical (unpaired) electrons. The van der Waals surface area contributed by atoms with Crippen LogP contribution < -0.4 is 10.6 Å². The molecule has 5 nitrogen and oxygen atoms in total. The molecule has 0 spiro atoms. The first-order chi connectivity index (χ1) is 9.16. The summed E-state index contributed by atoms with van der Waals surface area (Å²) in [6.07, 6.45) is 2.23. The first kappa shape index (κ1) is 14.8. The maximum Gasteiger partial charge on any atom is 0.250 e. The van der Waals surface area contributed by atoms with Crippen molar-refractivity contribution in [1.82, 2.24) is 15.5 Å². The summed E-state index contributed by atoms with van der Waals surface area (Å²) >= 11 is 0. The number of likely N-dealkylation sites (tertiary alicyclic amines) is 1. The third-order valence-corrected chi connectivity index (χ3v) is 4.23. The van der Waals surface area contributed by atoms with Gasteiger partial charge in [0.1, 0.15) is 6.10 Å². The number of hydrogen-bond donors (Lipinski definition) is 2. The Bertz CT molecular complexity index is 284. The standard InChI is InChI=1S/C14H27N3O2/c1-11-3-6-17(7-4-11)12(2)9-16-14(18)13-10-15-5-8-19-13/h11-13,15H,3-10H2,1-2H3,(H,16,18). The number of rotatable bonds is 4. The Morgan fingerprint density at radius 2 is 2.21 bits per heavy atom. The van der Waals surface area contributed by atoms with E-state index in [1.165, 1.54) is 12.8 Å². The van der Waals surface area contributed by atoms with Crippen LogP contribution in [-0.2, 0) is 9.53 Å². The highest BCUT2D eigenvalue weighted by Crippen LogP contribution is 2.17. The van der Waals surface area contributed by atoms with Crippen LogP contribution in [0.2, 0.25) is 0 Å². The van der Waals surface area contributed by atoms with Crippen molar-refractivity contribution in [3.63, 3.8) is 0 Å². The molecule has 0 aliphatic carbocycles. The van der Waals surface area contributed by atoms with Crippen LogP contribution in [0.3, 0.4) is 0 Å². The van der Waals surface area contributed by atoms with Gasteiger partial charge in [0.2, 0.25) is 0 Å². The molecule has 0 saturated carbocycles. The summed E-state index contributed by atoms with van der Waals surface area (Å²) in [5, 5.41) is 6.19. The van der Waals surface area contributed by atoms with Crippen LogP contribution in [0.25, 0.3) is 0 Å². The zero-order chi connectivity index (χ0) is 13.7. The van der Waals surface area contributed by atoms with Crippen LogP contribution in [0.15, 0.2) is 0 Å². The molecule has 2 rings (SSSR count). The van der Waals surface area contributed by atoms with Gasteiger partial charge in [0.25, 0.3) is 5.91 Å². The number of carbonyl (C=O) groups excluding carboxylic acids is 1. The van der Waals surface area contributed by atoms with Gasteiger partial charge in [0, 0.05) is 25.7 Å². The number of nitrogens with one attached hydrogen (secondary N) is 2. The normalized spacial score (nSPS) is 28.0. The summed E-state index contributed by atoms with van der Waals surface area (Å²) in [7, 11) is 0. The van der Waals surface area contributed by atoms with E-state index < -0.39 is 0 Å². The second kappa shape index (κ2) is 7.22. The molecule has 2 unspecified atom stereocenters. The van der Waals surface area contributed by atoms with E-state index in [0.29, 0.717) is 25.7 Å². The number of morpholine rings is 1. The quantitative estimate of drug-likeness (QED) is 0.766. The van der Waals surface area contributed by atoms with Crippen LogP contribution in [0.1, 0.15) is 26.7 Å². The van der Waals surface area contributed by atoms with Crippen molar-refractivity contribution in [3.8, 4) is 0 Å². The molecule has 2 aliphatic rings. The zero-order valence-electron chi connectivity index (χ0n) is 12.2. The number of nitrogens with zero attached hydrogens (tertiary/aromatic N) is 1. The van der Waals surface area contributed by atoms with Crippen molar-refractivity contribution in [2.24, 2.45) is 5.92 Å². The monoisotopic (exact) mass is 269 g/mol. The zero-order valence-corrected chi connectivity index (χ0v) is 12.2. The fraction of sp³-hybridized carbons (Fsp3) is 0.929. The Kier molecular flexibility index (Phi) is 5.60. The molecule has 0 aromatic rings. The molecule has 0 aromatic carbocycles. The number of amides is 1. The van der Waals surface area contributed by atoms with Crippen molar-refractivity contribution in [3.05, 3.63) is 0 Å². The minimum absolute atomic E-state index is 0.0180. The van der Waals surface area contributed by atoms with Gasteiger partial charge in [0.05, 0.1) is 6.61 Å². The van der Waals surface area contributed by atoms with E-state index in [4.69, 9.17) is 4.74 Å². The van der Waals surface area contributed by atoms with Gasteiger partial charge in [-0.2, -0.15) is 0 Å². The second-order valence-corrected chi connectivity index (χ2v) is 5.88. The van der Waals surface area contributed by atoms with Crippen LogP contribution >= 0.6 is 0 Å². The summed E-state index contributed by atoms with van der Waals surface area (Å²) in [5.74, 6) is 0.865. The SMILES string of the molecule is CC1CCN(C(C)CNC(=O)C2CNCCO2)CC1. The van der Waals surface area contributed by atoms with Gasteiger partial charge in [-0.25, -0.2) is 0 Å². The Hall–Kier alpha value is -0.650. The summed E-state index contributed by atoms with van der Waals surface area (Å²) in [6, 6.07) is 0.410. The van der Waals surface area contributed by atoms with Crippen molar-refractivity contribution in [1.29, 1.82) is 0 Å². The van der Waals surface area contributed by atoms with E-state index in [9.17, 15) is 4.79 Å². The molecule has 2 fully saturated rings. The fourth-order valence-electron chi connectivity index (χ4n) is 2.69. The van der Waals surface area contributed by atoms with E-state index in [-0.39, 0.29) is 12.0 Å². The molecule has 0 bridgehead atoms. The molecule has 2 N–H and O–H groups in total. The smallest absolute Gasteiger partial charge is 0.250 e. The van der Waals surface area contributed by atoms with E-state index in [0.717, 1.165) is 25.6 Å². The lowest BCUT2D eigenvalue weighted by Crippen LogP contribution is -2.51. The second-order valence-electron chi connectivity index (χ2n) is 5.88. The van der Waals surface area contributed by atoms with E-state index in [1.807, 2.05) is 0 Å². The van der Waals surface area contributed by atoms with Gasteiger partial charge in [-0.1, -0.05) is 6.92 Å². The van der Waals surface area contributed by atoms with E-state index in [1.54, 1.807) is 0 Å². The Morgan fingerprint density at radius 3 is 2.84 bits per heavy atom. The van der Waals surface area contributed by atoms with E-state index >= 15 is 0 Å². The number of ether oxygens (including phenoxy) is 1. The average Bonchev–Trinajstić information content (AvgIpc) is 2.46. The lowest BCUT2D eigenvalue weighted by Gasteiger charge is -2.35. The van der Waals surface area contributed by atoms with Gasteiger partial charge >= 0.3 is 0 Å². The predicted octanol–water partition coefficient (Wildman–Crippen LogP) is 0.211. The topological polar surface area (TPSA) is 53.6 Å². The van der Waals surface area contributed by atoms with Gasteiger partial charge < -0.3 is 15.4 Å². The minimum Gasteiger partial charge on any atom is -0.366 e. The van der Waals surface area contributed by atoms with Crippen LogP contribution in [0.4, 0.5) is 0 Å². The van der Waals surface area contributed by atoms with Crippen LogP contribution in [0.5, 0.6) is 0 Å². The van der Waals surface area contributed by atoms with Gasteiger partial charge in [-0.3, -0.25) is 9.69 Å². The minimum atomic E-state index is -0.317. The number of carbonyl (C=O) groups is 1. The molecule has 2 aliphatic heterocycles. The third-order valence-electron chi connectivity index (χ3n) is 4.23. The average molecular weight is 269 g/mol.